The number of hydrogen-bond acceptors (Lipinski definition) is 3. The van der Waals surface area contributed by atoms with Gasteiger partial charge in [0.15, 0.2) is 0 Å². The molecule has 3 N–H and O–H groups in total. The number of amides is 1. The summed E-state index contributed by atoms with van der Waals surface area (Å²) in [7, 11) is 0. The Hall–Kier alpha value is -0.900. The monoisotopic (exact) mass is 133 g/mol. The molecule has 0 spiro atoms. The van der Waals surface area contributed by atoms with Crippen molar-refractivity contribution in [1.82, 2.24) is 0 Å². The van der Waals surface area contributed by atoms with Crippen LogP contribution in [0.5, 0.6) is 0 Å². The zero-order valence-corrected chi connectivity index (χ0v) is 5.50. The molecule has 0 bridgehead atoms. The number of aliphatic hydroxyl groups excluding tert-OH is 1. The molecule has 1 amide bonds. The molecular weight excluding hydrogens is 122 g/mol. The molecule has 0 rings (SSSR count). The summed E-state index contributed by atoms with van der Waals surface area (Å²) in [5.74, 6) is -0.685. The van der Waals surface area contributed by atoms with Gasteiger partial charge in [-0.2, -0.15) is 0 Å². The van der Waals surface area contributed by atoms with Crippen molar-refractivity contribution in [1.29, 1.82) is 0 Å². The summed E-state index contributed by atoms with van der Waals surface area (Å²) in [5.41, 5.74) is 4.55. The van der Waals surface area contributed by atoms with E-state index in [1.807, 2.05) is 0 Å². The molecule has 0 aliphatic rings. The van der Waals surface area contributed by atoms with E-state index in [0.29, 0.717) is 0 Å². The van der Waals surface area contributed by atoms with E-state index >= 15 is 0 Å². The van der Waals surface area contributed by atoms with Crippen LogP contribution in [0.15, 0.2) is 0 Å². The van der Waals surface area contributed by atoms with Crippen LogP contribution in [-0.4, -0.2) is 23.4 Å². The highest BCUT2D eigenvalue weighted by molar-refractivity contribution is 5.77. The Bertz CT molecular complexity index is 90.2. The molecule has 0 saturated carbocycles. The molecule has 0 aromatic carbocycles. The van der Waals surface area contributed by atoms with E-state index in [0.717, 1.165) is 6.29 Å². The number of primary amides is 1. The topological polar surface area (TPSA) is 80.4 Å². The first-order valence-corrected chi connectivity index (χ1v) is 2.43. The molecule has 0 radical (unpaired) electrons. The van der Waals surface area contributed by atoms with Gasteiger partial charge < -0.3 is 15.6 Å². The van der Waals surface area contributed by atoms with Crippen LogP contribution < -0.4 is 5.73 Å². The maximum Gasteiger partial charge on any atom is 0.245 e. The van der Waals surface area contributed by atoms with Gasteiger partial charge in [0, 0.05) is 0 Å². The van der Waals surface area contributed by atoms with E-state index in [2.05, 4.69) is 5.73 Å². The summed E-state index contributed by atoms with van der Waals surface area (Å²) < 4.78 is 0. The van der Waals surface area contributed by atoms with E-state index in [-0.39, 0.29) is 0 Å². The predicted molar refractivity (Wildman–Crippen MR) is 32.6 cm³/mol. The van der Waals surface area contributed by atoms with Crippen molar-refractivity contribution in [2.24, 2.45) is 5.73 Å². The van der Waals surface area contributed by atoms with E-state index in [4.69, 9.17) is 9.90 Å². The fourth-order valence-corrected chi connectivity index (χ4v) is 0. The maximum absolute atomic E-state index is 9.67. The third kappa shape index (κ3) is 19.2. The van der Waals surface area contributed by atoms with Gasteiger partial charge >= 0.3 is 0 Å². The SMILES string of the molecule is CC(O)C(N)=O.CC=O. The van der Waals surface area contributed by atoms with Crippen molar-refractivity contribution in [2.45, 2.75) is 20.0 Å². The van der Waals surface area contributed by atoms with Crippen LogP contribution in [0.25, 0.3) is 0 Å². The Kier molecular flexibility index (Phi) is 8.66. The predicted octanol–water partition coefficient (Wildman–Crippen LogP) is -0.942. The van der Waals surface area contributed by atoms with Crippen LogP contribution in [0, 0.1) is 0 Å². The van der Waals surface area contributed by atoms with Crippen molar-refractivity contribution in [3.63, 3.8) is 0 Å². The van der Waals surface area contributed by atoms with Crippen LogP contribution in [0.2, 0.25) is 0 Å². The van der Waals surface area contributed by atoms with Crippen molar-refractivity contribution in [3.8, 4) is 0 Å². The van der Waals surface area contributed by atoms with Crippen LogP contribution >= 0.6 is 0 Å². The highest BCUT2D eigenvalue weighted by atomic mass is 16.3. The van der Waals surface area contributed by atoms with Crippen LogP contribution in [-0.2, 0) is 9.59 Å². The Labute approximate surface area is 53.7 Å². The Balaban J connectivity index is 0. The van der Waals surface area contributed by atoms with Crippen molar-refractivity contribution in [3.05, 3.63) is 0 Å². The Morgan fingerprint density at radius 3 is 1.89 bits per heavy atom. The second-order valence-corrected chi connectivity index (χ2v) is 1.31. The molecule has 0 aliphatic carbocycles. The first-order valence-electron chi connectivity index (χ1n) is 2.43. The second kappa shape index (κ2) is 7.10. The molecule has 1 atom stereocenters. The minimum Gasteiger partial charge on any atom is -0.384 e. The van der Waals surface area contributed by atoms with Crippen molar-refractivity contribution in [2.75, 3.05) is 0 Å². The number of carbonyl (C=O) groups excluding carboxylic acids is 2. The number of rotatable bonds is 1. The highest BCUT2D eigenvalue weighted by Crippen LogP contribution is 1.70. The standard InChI is InChI=1S/C3H7NO2.C2H4O/c1-2(5)3(4)6;1-2-3/h2,5H,1H3,(H2,4,6);2H,1H3. The maximum atomic E-state index is 9.67. The zero-order valence-electron chi connectivity index (χ0n) is 5.50. The summed E-state index contributed by atoms with van der Waals surface area (Å²) >= 11 is 0. The van der Waals surface area contributed by atoms with Crippen molar-refractivity contribution >= 4 is 12.2 Å². The minimum absolute atomic E-state index is 0.685. The van der Waals surface area contributed by atoms with Gasteiger partial charge in [0.1, 0.15) is 12.4 Å². The molecule has 54 valence electrons. The van der Waals surface area contributed by atoms with Crippen molar-refractivity contribution < 1.29 is 14.7 Å². The molecule has 4 heteroatoms. The van der Waals surface area contributed by atoms with E-state index in [9.17, 15) is 4.79 Å². The number of hydrogen-bond donors (Lipinski definition) is 2. The second-order valence-electron chi connectivity index (χ2n) is 1.31. The quantitative estimate of drug-likeness (QED) is 0.453. The summed E-state index contributed by atoms with van der Waals surface area (Å²) in [6, 6.07) is 0. The molecule has 1 unspecified atom stereocenters. The van der Waals surface area contributed by atoms with Gasteiger partial charge in [-0.05, 0) is 13.8 Å². The fraction of sp³-hybridized carbons (Fsp3) is 0.600. The van der Waals surface area contributed by atoms with Gasteiger partial charge in [0.25, 0.3) is 0 Å². The van der Waals surface area contributed by atoms with Crippen LogP contribution in [0.4, 0.5) is 0 Å². The molecule has 0 fully saturated rings. The Morgan fingerprint density at radius 1 is 1.78 bits per heavy atom. The molecule has 4 nitrogen and oxygen atoms in total. The van der Waals surface area contributed by atoms with E-state index < -0.39 is 12.0 Å². The van der Waals surface area contributed by atoms with Gasteiger partial charge in [0.2, 0.25) is 5.91 Å². The number of carbonyl (C=O) groups is 2. The number of aldehydes is 1. The smallest absolute Gasteiger partial charge is 0.245 e. The van der Waals surface area contributed by atoms with Gasteiger partial charge in [-0.3, -0.25) is 4.79 Å². The van der Waals surface area contributed by atoms with Crippen LogP contribution in [0.3, 0.4) is 0 Å². The van der Waals surface area contributed by atoms with E-state index in [1.54, 1.807) is 0 Å². The fourth-order valence-electron chi connectivity index (χ4n) is 0. The molecule has 0 heterocycles. The number of nitrogens with two attached hydrogens (primary N) is 1. The summed E-state index contributed by atoms with van der Waals surface area (Å²) in [6.45, 7) is 2.77. The molecule has 0 aliphatic heterocycles. The number of aliphatic hydroxyl groups is 1. The first kappa shape index (κ1) is 11.0. The third-order valence-electron chi connectivity index (χ3n) is 0.412. The summed E-state index contributed by atoms with van der Waals surface area (Å²) in [5, 5.41) is 8.16. The van der Waals surface area contributed by atoms with Gasteiger partial charge in [-0.15, -0.1) is 0 Å². The van der Waals surface area contributed by atoms with Gasteiger partial charge in [-0.1, -0.05) is 0 Å². The molecule has 0 saturated heterocycles. The normalized spacial score (nSPS) is 10.6. The molecule has 9 heavy (non-hydrogen) atoms. The lowest BCUT2D eigenvalue weighted by Crippen LogP contribution is -2.24. The average molecular weight is 133 g/mol. The molecule has 0 aromatic heterocycles. The molecule has 0 aromatic rings. The highest BCUT2D eigenvalue weighted by Gasteiger charge is 1.98. The Morgan fingerprint density at radius 2 is 1.89 bits per heavy atom. The van der Waals surface area contributed by atoms with Crippen LogP contribution in [0.1, 0.15) is 13.8 Å². The lowest BCUT2D eigenvalue weighted by atomic mass is 10.4. The average Bonchev–Trinajstić information content (AvgIpc) is 1.68. The largest absolute Gasteiger partial charge is 0.384 e. The zero-order chi connectivity index (χ0) is 7.86. The lowest BCUT2D eigenvalue weighted by Gasteiger charge is -1.90. The lowest BCUT2D eigenvalue weighted by molar-refractivity contribution is -0.125. The third-order valence-corrected chi connectivity index (χ3v) is 0.412. The summed E-state index contributed by atoms with van der Waals surface area (Å²) in [4.78, 5) is 18.5. The first-order chi connectivity index (χ1) is 4.06. The van der Waals surface area contributed by atoms with E-state index in [1.165, 1.54) is 13.8 Å². The van der Waals surface area contributed by atoms with Gasteiger partial charge in [-0.25, -0.2) is 0 Å². The molecular formula is C5H11NO3. The van der Waals surface area contributed by atoms with Gasteiger partial charge in [0.05, 0.1) is 0 Å². The summed E-state index contributed by atoms with van der Waals surface area (Å²) in [6.07, 6.45) is -0.259. The minimum atomic E-state index is -1.01.